The van der Waals surface area contributed by atoms with Crippen LogP contribution in [-0.4, -0.2) is 12.1 Å². The smallest absolute Gasteiger partial charge is 0.302 e. The largest absolute Gasteiger partial charge is 0.463 e. The van der Waals surface area contributed by atoms with Gasteiger partial charge in [0.2, 0.25) is 0 Å². The van der Waals surface area contributed by atoms with Crippen LogP contribution in [0.3, 0.4) is 0 Å². The predicted octanol–water partition coefficient (Wildman–Crippen LogP) is 4.41. The van der Waals surface area contributed by atoms with Gasteiger partial charge in [-0.3, -0.25) is 4.79 Å². The van der Waals surface area contributed by atoms with E-state index in [0.29, 0.717) is 0 Å². The van der Waals surface area contributed by atoms with E-state index < -0.39 is 0 Å². The molecule has 98 valence electrons. The molecule has 0 unspecified atom stereocenters. The fourth-order valence-electron chi connectivity index (χ4n) is 1.60. The first-order chi connectivity index (χ1) is 7.91. The van der Waals surface area contributed by atoms with Crippen molar-refractivity contribution in [2.45, 2.75) is 66.4 Å². The summed E-state index contributed by atoms with van der Waals surface area (Å²) >= 11 is 0. The fraction of sp³-hybridized carbons (Fsp3) is 0.667. The maximum Gasteiger partial charge on any atom is 0.302 e. The standard InChI is InChI=1S/C15H26O2/c1-12(2)8-6-9-13(3)10-7-11-14(4)17-15(5)16/h8,10,14H,6-7,9,11H2,1-5H3/b13-10-/t14-/m1/s1. The van der Waals surface area contributed by atoms with Crippen molar-refractivity contribution in [3.8, 4) is 0 Å². The first-order valence-electron chi connectivity index (χ1n) is 6.38. The average Bonchev–Trinajstić information content (AvgIpc) is 2.15. The van der Waals surface area contributed by atoms with Crippen LogP contribution in [0.5, 0.6) is 0 Å². The molecule has 0 aliphatic carbocycles. The van der Waals surface area contributed by atoms with Gasteiger partial charge >= 0.3 is 5.97 Å². The Hall–Kier alpha value is -1.05. The summed E-state index contributed by atoms with van der Waals surface area (Å²) in [6.07, 6.45) is 8.65. The third kappa shape index (κ3) is 11.2. The number of ether oxygens (including phenoxy) is 1. The van der Waals surface area contributed by atoms with Gasteiger partial charge in [-0.15, -0.1) is 0 Å². The maximum absolute atomic E-state index is 10.7. The number of allylic oxidation sites excluding steroid dienone is 4. The van der Waals surface area contributed by atoms with Crippen LogP contribution in [-0.2, 0) is 9.53 Å². The first kappa shape index (κ1) is 16.0. The number of carbonyl (C=O) groups excluding carboxylic acids is 1. The lowest BCUT2D eigenvalue weighted by Crippen LogP contribution is -2.11. The summed E-state index contributed by atoms with van der Waals surface area (Å²) in [5, 5.41) is 0. The molecular weight excluding hydrogens is 212 g/mol. The molecular formula is C15H26O2. The summed E-state index contributed by atoms with van der Waals surface area (Å²) in [5.41, 5.74) is 2.79. The summed E-state index contributed by atoms with van der Waals surface area (Å²) in [7, 11) is 0. The van der Waals surface area contributed by atoms with Gasteiger partial charge in [0.25, 0.3) is 0 Å². The molecule has 0 aliphatic heterocycles. The van der Waals surface area contributed by atoms with E-state index in [1.807, 2.05) is 6.92 Å². The lowest BCUT2D eigenvalue weighted by atomic mass is 10.1. The molecule has 0 saturated heterocycles. The molecule has 0 saturated carbocycles. The highest BCUT2D eigenvalue weighted by Crippen LogP contribution is 2.10. The zero-order valence-electron chi connectivity index (χ0n) is 11.9. The van der Waals surface area contributed by atoms with Crippen molar-refractivity contribution >= 4 is 5.97 Å². The van der Waals surface area contributed by atoms with Crippen LogP contribution in [0.15, 0.2) is 23.3 Å². The molecule has 0 rings (SSSR count). The Labute approximate surface area is 106 Å². The van der Waals surface area contributed by atoms with Crippen LogP contribution in [0.1, 0.15) is 60.3 Å². The Balaban J connectivity index is 3.76. The van der Waals surface area contributed by atoms with E-state index in [1.165, 1.54) is 18.1 Å². The zero-order chi connectivity index (χ0) is 13.3. The van der Waals surface area contributed by atoms with Gasteiger partial charge in [-0.25, -0.2) is 0 Å². The molecule has 0 spiro atoms. The average molecular weight is 238 g/mol. The fourth-order valence-corrected chi connectivity index (χ4v) is 1.60. The highest BCUT2D eigenvalue weighted by atomic mass is 16.5. The van der Waals surface area contributed by atoms with Crippen LogP contribution in [0.4, 0.5) is 0 Å². The topological polar surface area (TPSA) is 26.3 Å². The minimum absolute atomic E-state index is 0.0225. The van der Waals surface area contributed by atoms with Crippen LogP contribution < -0.4 is 0 Å². The summed E-state index contributed by atoms with van der Waals surface area (Å²) in [6.45, 7) is 9.81. The van der Waals surface area contributed by atoms with Crippen LogP contribution in [0, 0.1) is 0 Å². The quantitative estimate of drug-likeness (QED) is 0.485. The lowest BCUT2D eigenvalue weighted by molar-refractivity contribution is -0.145. The predicted molar refractivity (Wildman–Crippen MR) is 72.9 cm³/mol. The van der Waals surface area contributed by atoms with Crippen molar-refractivity contribution < 1.29 is 9.53 Å². The molecule has 2 nitrogen and oxygen atoms in total. The van der Waals surface area contributed by atoms with Gasteiger partial charge in [0, 0.05) is 6.92 Å². The minimum atomic E-state index is -0.193. The van der Waals surface area contributed by atoms with Crippen molar-refractivity contribution in [2.75, 3.05) is 0 Å². The van der Waals surface area contributed by atoms with E-state index in [4.69, 9.17) is 4.74 Å². The Morgan fingerprint density at radius 3 is 2.29 bits per heavy atom. The molecule has 0 aromatic rings. The summed E-state index contributed by atoms with van der Waals surface area (Å²) in [4.78, 5) is 10.7. The third-order valence-corrected chi connectivity index (χ3v) is 2.52. The molecule has 17 heavy (non-hydrogen) atoms. The molecule has 0 radical (unpaired) electrons. The van der Waals surface area contributed by atoms with Gasteiger partial charge in [0.05, 0.1) is 6.10 Å². The summed E-state index contributed by atoms with van der Waals surface area (Å²) < 4.78 is 5.07. The molecule has 0 aromatic heterocycles. The number of hydrogen-bond donors (Lipinski definition) is 0. The molecule has 0 N–H and O–H groups in total. The second-order valence-corrected chi connectivity index (χ2v) is 4.87. The van der Waals surface area contributed by atoms with E-state index in [9.17, 15) is 4.79 Å². The van der Waals surface area contributed by atoms with Crippen molar-refractivity contribution in [1.82, 2.24) is 0 Å². The van der Waals surface area contributed by atoms with E-state index in [2.05, 4.69) is 32.9 Å². The first-order valence-corrected chi connectivity index (χ1v) is 6.38. The van der Waals surface area contributed by atoms with Gasteiger partial charge in [-0.1, -0.05) is 23.3 Å². The van der Waals surface area contributed by atoms with Crippen molar-refractivity contribution in [3.05, 3.63) is 23.3 Å². The monoisotopic (exact) mass is 238 g/mol. The van der Waals surface area contributed by atoms with Crippen molar-refractivity contribution in [1.29, 1.82) is 0 Å². The number of rotatable bonds is 7. The SMILES string of the molecule is CC(=O)O[C@H](C)CC/C=C(/C)CCC=C(C)C. The Bertz CT molecular complexity index is 283. The molecule has 0 amide bonds. The van der Waals surface area contributed by atoms with Crippen LogP contribution in [0.25, 0.3) is 0 Å². The van der Waals surface area contributed by atoms with Gasteiger partial charge in [0.15, 0.2) is 0 Å². The van der Waals surface area contributed by atoms with E-state index in [-0.39, 0.29) is 12.1 Å². The number of hydrogen-bond acceptors (Lipinski definition) is 2. The molecule has 0 bridgehead atoms. The molecule has 0 aromatic carbocycles. The number of esters is 1. The minimum Gasteiger partial charge on any atom is -0.463 e. The van der Waals surface area contributed by atoms with E-state index in [1.54, 1.807) is 0 Å². The zero-order valence-corrected chi connectivity index (χ0v) is 11.9. The Kier molecular flexibility index (Phi) is 8.47. The van der Waals surface area contributed by atoms with Gasteiger partial charge in [-0.05, 0) is 53.4 Å². The van der Waals surface area contributed by atoms with Gasteiger partial charge < -0.3 is 4.74 Å². The number of carbonyl (C=O) groups is 1. The van der Waals surface area contributed by atoms with Crippen molar-refractivity contribution in [2.24, 2.45) is 0 Å². The molecule has 0 aliphatic rings. The highest BCUT2D eigenvalue weighted by Gasteiger charge is 2.03. The summed E-state index contributed by atoms with van der Waals surface area (Å²) in [6, 6.07) is 0. The second-order valence-electron chi connectivity index (χ2n) is 4.87. The molecule has 0 heterocycles. The van der Waals surface area contributed by atoms with Gasteiger partial charge in [0.1, 0.15) is 0 Å². The van der Waals surface area contributed by atoms with E-state index >= 15 is 0 Å². The van der Waals surface area contributed by atoms with Crippen LogP contribution >= 0.6 is 0 Å². The summed E-state index contributed by atoms with van der Waals surface area (Å²) in [5.74, 6) is -0.193. The molecule has 0 fully saturated rings. The maximum atomic E-state index is 10.7. The second kappa shape index (κ2) is 9.03. The highest BCUT2D eigenvalue weighted by molar-refractivity contribution is 5.66. The Morgan fingerprint density at radius 1 is 1.12 bits per heavy atom. The normalized spacial score (nSPS) is 13.1. The molecule has 2 heteroatoms. The van der Waals surface area contributed by atoms with Crippen molar-refractivity contribution in [3.63, 3.8) is 0 Å². The third-order valence-electron chi connectivity index (χ3n) is 2.52. The van der Waals surface area contributed by atoms with E-state index in [0.717, 1.165) is 25.7 Å². The Morgan fingerprint density at radius 2 is 1.76 bits per heavy atom. The van der Waals surface area contributed by atoms with Crippen LogP contribution in [0.2, 0.25) is 0 Å². The molecule has 1 atom stereocenters. The lowest BCUT2D eigenvalue weighted by Gasteiger charge is -2.10. The van der Waals surface area contributed by atoms with Gasteiger partial charge in [-0.2, -0.15) is 0 Å².